The van der Waals surface area contributed by atoms with Crippen molar-refractivity contribution in [1.29, 1.82) is 0 Å². The number of nitrogens with zero attached hydrogens (tertiary/aromatic N) is 5. The highest BCUT2D eigenvalue weighted by Crippen LogP contribution is 2.28. The maximum absolute atomic E-state index is 14.4. The Hall–Kier alpha value is -2.67. The van der Waals surface area contributed by atoms with Crippen molar-refractivity contribution in [2.75, 3.05) is 24.5 Å². The van der Waals surface area contributed by atoms with Gasteiger partial charge in [0.05, 0.1) is 5.69 Å². The van der Waals surface area contributed by atoms with E-state index >= 15 is 0 Å². The number of carbonyl (C=O) groups is 1. The monoisotopic (exact) mass is 401 g/mol. The topological polar surface area (TPSA) is 54.3 Å². The number of hydrogen-bond acceptors (Lipinski definition) is 4. The molecular weight excluding hydrogens is 381 g/mol. The van der Waals surface area contributed by atoms with Crippen LogP contribution in [0.1, 0.15) is 12.5 Å². The van der Waals surface area contributed by atoms with Crippen molar-refractivity contribution in [3.05, 3.63) is 53.1 Å². The number of aromatic nitrogens is 3. The third kappa shape index (κ3) is 3.54. The minimum absolute atomic E-state index is 0.00675. The molecule has 0 saturated carbocycles. The van der Waals surface area contributed by atoms with Crippen molar-refractivity contribution < 1.29 is 9.18 Å². The number of rotatable bonds is 3. The molecule has 4 rings (SSSR count). The van der Waals surface area contributed by atoms with Crippen molar-refractivity contribution >= 4 is 34.2 Å². The van der Waals surface area contributed by atoms with E-state index in [1.807, 2.05) is 42.0 Å². The third-order valence-electron chi connectivity index (χ3n) is 5.14. The van der Waals surface area contributed by atoms with Gasteiger partial charge >= 0.3 is 0 Å². The lowest BCUT2D eigenvalue weighted by Crippen LogP contribution is -2.55. The number of pyridine rings is 1. The van der Waals surface area contributed by atoms with Crippen LogP contribution in [0, 0.1) is 12.7 Å². The van der Waals surface area contributed by atoms with Crippen molar-refractivity contribution in [2.45, 2.75) is 26.4 Å². The largest absolute Gasteiger partial charge is 0.365 e. The van der Waals surface area contributed by atoms with E-state index in [0.717, 1.165) is 10.9 Å². The Labute approximate surface area is 167 Å². The minimum Gasteiger partial charge on any atom is -0.365 e. The second-order valence-electron chi connectivity index (χ2n) is 7.18. The van der Waals surface area contributed by atoms with Crippen molar-refractivity contribution in [2.24, 2.45) is 0 Å². The van der Waals surface area contributed by atoms with Gasteiger partial charge in [-0.25, -0.2) is 9.37 Å². The second kappa shape index (κ2) is 7.39. The summed E-state index contributed by atoms with van der Waals surface area (Å²) in [6.45, 7) is 5.65. The van der Waals surface area contributed by atoms with Gasteiger partial charge in [-0.3, -0.25) is 9.48 Å². The Bertz CT molecular complexity index is 1000. The van der Waals surface area contributed by atoms with Gasteiger partial charge in [-0.15, -0.1) is 0 Å². The summed E-state index contributed by atoms with van der Waals surface area (Å²) in [5.41, 5.74) is 2.00. The van der Waals surface area contributed by atoms with Gasteiger partial charge in [-0.2, -0.15) is 5.10 Å². The number of fused-ring (bicyclic) bond motifs is 1. The third-order valence-corrected chi connectivity index (χ3v) is 5.55. The molecule has 0 bridgehead atoms. The second-order valence-corrected chi connectivity index (χ2v) is 7.59. The predicted molar refractivity (Wildman–Crippen MR) is 107 cm³/mol. The molecule has 1 aliphatic heterocycles. The lowest BCUT2D eigenvalue weighted by molar-refractivity contribution is -0.134. The van der Waals surface area contributed by atoms with Gasteiger partial charge in [-0.1, -0.05) is 11.6 Å². The molecule has 1 amide bonds. The summed E-state index contributed by atoms with van der Waals surface area (Å²) < 4.78 is 16.0. The highest BCUT2D eigenvalue weighted by atomic mass is 35.5. The molecule has 3 heterocycles. The van der Waals surface area contributed by atoms with Gasteiger partial charge in [0, 0.05) is 48.5 Å². The van der Waals surface area contributed by atoms with Crippen LogP contribution >= 0.6 is 11.6 Å². The normalized spacial score (nSPS) is 17.4. The highest BCUT2D eigenvalue weighted by Gasteiger charge is 2.29. The van der Waals surface area contributed by atoms with E-state index in [1.54, 1.807) is 16.9 Å². The number of benzene rings is 1. The minimum atomic E-state index is -0.335. The molecule has 2 aromatic heterocycles. The molecule has 1 aromatic carbocycles. The average molecular weight is 402 g/mol. The Morgan fingerprint density at radius 1 is 1.36 bits per heavy atom. The number of hydrogen-bond donors (Lipinski definition) is 0. The zero-order chi connectivity index (χ0) is 19.8. The quantitative estimate of drug-likeness (QED) is 0.676. The van der Waals surface area contributed by atoms with E-state index < -0.39 is 0 Å². The molecule has 146 valence electrons. The summed E-state index contributed by atoms with van der Waals surface area (Å²) in [5, 5.41) is 5.68. The number of piperazine rings is 1. The van der Waals surface area contributed by atoms with Crippen molar-refractivity contribution in [1.82, 2.24) is 19.7 Å². The van der Waals surface area contributed by atoms with E-state index in [0.29, 0.717) is 36.0 Å². The van der Waals surface area contributed by atoms with Crippen LogP contribution in [-0.4, -0.2) is 51.2 Å². The Balaban J connectivity index is 1.45. The summed E-state index contributed by atoms with van der Waals surface area (Å²) >= 11 is 6.00. The molecule has 6 nitrogen and oxygen atoms in total. The molecular formula is C20H21ClFN5O. The van der Waals surface area contributed by atoms with Crippen LogP contribution < -0.4 is 4.90 Å². The van der Waals surface area contributed by atoms with Crippen LogP contribution in [0.2, 0.25) is 5.02 Å². The zero-order valence-corrected chi connectivity index (χ0v) is 16.5. The van der Waals surface area contributed by atoms with Gasteiger partial charge in [0.25, 0.3) is 0 Å². The Kier molecular flexibility index (Phi) is 4.93. The van der Waals surface area contributed by atoms with E-state index in [4.69, 9.17) is 11.6 Å². The van der Waals surface area contributed by atoms with Gasteiger partial charge in [0.2, 0.25) is 5.91 Å². The van der Waals surface area contributed by atoms with Crippen LogP contribution in [0.3, 0.4) is 0 Å². The fraction of sp³-hybridized carbons (Fsp3) is 0.350. The summed E-state index contributed by atoms with van der Waals surface area (Å²) in [4.78, 5) is 20.8. The van der Waals surface area contributed by atoms with Crippen LogP contribution in [0.4, 0.5) is 10.1 Å². The summed E-state index contributed by atoms with van der Waals surface area (Å²) in [7, 11) is 0. The molecule has 1 aliphatic rings. The molecule has 0 radical (unpaired) electrons. The lowest BCUT2D eigenvalue weighted by Gasteiger charge is -2.41. The highest BCUT2D eigenvalue weighted by molar-refractivity contribution is 6.31. The molecule has 0 unspecified atom stereocenters. The smallest absolute Gasteiger partial charge is 0.244 e. The number of anilines is 1. The Morgan fingerprint density at radius 2 is 2.18 bits per heavy atom. The standard InChI is InChI=1S/C20H21ClFN5O/c1-13-8-18(17(22)9-16(13)21)25-6-7-27(14(2)10-25)19(28)12-26-11-15-4-3-5-23-20(15)24-26/h3-5,8-9,11,14H,6-7,10,12H2,1-2H3/t14-/m0/s1. The molecule has 3 aromatic rings. The van der Waals surface area contributed by atoms with Gasteiger partial charge in [-0.05, 0) is 43.7 Å². The molecule has 0 aliphatic carbocycles. The molecule has 0 spiro atoms. The fourth-order valence-electron chi connectivity index (χ4n) is 3.65. The fourth-order valence-corrected chi connectivity index (χ4v) is 3.80. The molecule has 8 heteroatoms. The van der Waals surface area contributed by atoms with E-state index in [1.165, 1.54) is 6.07 Å². The lowest BCUT2D eigenvalue weighted by atomic mass is 10.1. The first-order chi connectivity index (χ1) is 13.4. The van der Waals surface area contributed by atoms with Crippen LogP contribution in [-0.2, 0) is 11.3 Å². The summed E-state index contributed by atoms with van der Waals surface area (Å²) in [6, 6.07) is 6.84. The van der Waals surface area contributed by atoms with Gasteiger partial charge in [0.1, 0.15) is 12.4 Å². The van der Waals surface area contributed by atoms with E-state index in [9.17, 15) is 9.18 Å². The number of carbonyl (C=O) groups excluding carboxylic acids is 1. The van der Waals surface area contributed by atoms with Gasteiger partial charge in [0.15, 0.2) is 5.65 Å². The average Bonchev–Trinajstić information content (AvgIpc) is 3.06. The molecule has 1 atom stereocenters. The van der Waals surface area contributed by atoms with E-state index in [-0.39, 0.29) is 24.3 Å². The number of halogens is 2. The van der Waals surface area contributed by atoms with E-state index in [2.05, 4.69) is 10.1 Å². The molecule has 28 heavy (non-hydrogen) atoms. The maximum Gasteiger partial charge on any atom is 0.244 e. The van der Waals surface area contributed by atoms with Crippen LogP contribution in [0.25, 0.3) is 11.0 Å². The van der Waals surface area contributed by atoms with Crippen LogP contribution in [0.5, 0.6) is 0 Å². The molecule has 1 saturated heterocycles. The predicted octanol–water partition coefficient (Wildman–Crippen LogP) is 3.27. The zero-order valence-electron chi connectivity index (χ0n) is 15.8. The number of amides is 1. The summed E-state index contributed by atoms with van der Waals surface area (Å²) in [5.74, 6) is -0.342. The Morgan fingerprint density at radius 3 is 2.93 bits per heavy atom. The summed E-state index contributed by atoms with van der Waals surface area (Å²) in [6.07, 6.45) is 3.51. The first-order valence-electron chi connectivity index (χ1n) is 9.20. The molecule has 0 N–H and O–H groups in total. The van der Waals surface area contributed by atoms with Crippen molar-refractivity contribution in [3.8, 4) is 0 Å². The van der Waals surface area contributed by atoms with Gasteiger partial charge < -0.3 is 9.80 Å². The first kappa shape index (κ1) is 18.7. The maximum atomic E-state index is 14.4. The SMILES string of the molecule is Cc1cc(N2CCN(C(=O)Cn3cc4cccnc4n3)[C@@H](C)C2)c(F)cc1Cl. The molecule has 1 fully saturated rings. The van der Waals surface area contributed by atoms with Crippen LogP contribution in [0.15, 0.2) is 36.7 Å². The first-order valence-corrected chi connectivity index (χ1v) is 9.58. The number of aryl methyl sites for hydroxylation is 1. The van der Waals surface area contributed by atoms with Crippen molar-refractivity contribution in [3.63, 3.8) is 0 Å².